The molecule has 9 heteroatoms. The maximum absolute atomic E-state index is 13.2. The van der Waals surface area contributed by atoms with Gasteiger partial charge in [-0.15, -0.1) is 0 Å². The molecule has 38 heavy (non-hydrogen) atoms. The molecule has 3 rings (SSSR count). The van der Waals surface area contributed by atoms with Gasteiger partial charge in [-0.3, -0.25) is 14.4 Å². The molecule has 0 spiro atoms. The molecule has 0 radical (unpaired) electrons. The van der Waals surface area contributed by atoms with Crippen LogP contribution in [0.4, 0.5) is 5.69 Å². The Morgan fingerprint density at radius 3 is 2.00 bits per heavy atom. The number of rotatable bonds is 11. The van der Waals surface area contributed by atoms with E-state index in [1.165, 1.54) is 11.0 Å². The zero-order valence-corrected chi connectivity index (χ0v) is 22.1. The minimum absolute atomic E-state index is 0.00794. The van der Waals surface area contributed by atoms with Crippen LogP contribution in [0.15, 0.2) is 90.3 Å². The molecule has 0 aliphatic rings. The number of nitrogens with one attached hydrogen (secondary N) is 2. The van der Waals surface area contributed by atoms with Crippen LogP contribution < -0.4 is 10.0 Å². The summed E-state index contributed by atoms with van der Waals surface area (Å²) in [6.45, 7) is 4.34. The number of hydrogen-bond donors (Lipinski definition) is 2. The molecule has 0 aromatic heterocycles. The van der Waals surface area contributed by atoms with E-state index in [-0.39, 0.29) is 12.3 Å². The molecule has 3 aromatic rings. The van der Waals surface area contributed by atoms with Gasteiger partial charge in [0.2, 0.25) is 11.8 Å². The maximum atomic E-state index is 13.2. The lowest BCUT2D eigenvalue weighted by molar-refractivity contribution is -0.141. The number of nitrogens with zero attached hydrogens (tertiary/aromatic N) is 1. The van der Waals surface area contributed by atoms with E-state index in [0.717, 1.165) is 5.41 Å². The molecule has 1 atom stereocenters. The van der Waals surface area contributed by atoms with Crippen LogP contribution in [-0.2, 0) is 26.0 Å². The van der Waals surface area contributed by atoms with Gasteiger partial charge in [-0.05, 0) is 61.7 Å². The SMILES string of the molecule is CCN(CC)C(=O)C(Cc1ccc(NC(=O)c2ccccc2)cc1)C(=O)NS(=O)(=O)C=Cc1ccccc1. The molecule has 2 N–H and O–H groups in total. The third-order valence-corrected chi connectivity index (χ3v) is 6.84. The van der Waals surface area contributed by atoms with Gasteiger partial charge in [-0.1, -0.05) is 60.7 Å². The highest BCUT2D eigenvalue weighted by atomic mass is 32.2. The van der Waals surface area contributed by atoms with Gasteiger partial charge >= 0.3 is 0 Å². The zero-order chi connectivity index (χ0) is 27.5. The van der Waals surface area contributed by atoms with Crippen LogP contribution in [0, 0.1) is 5.92 Å². The van der Waals surface area contributed by atoms with Crippen molar-refractivity contribution in [2.45, 2.75) is 20.3 Å². The van der Waals surface area contributed by atoms with E-state index < -0.39 is 27.8 Å². The summed E-state index contributed by atoms with van der Waals surface area (Å²) in [4.78, 5) is 40.2. The number of carbonyl (C=O) groups is 3. The van der Waals surface area contributed by atoms with Crippen LogP contribution in [0.5, 0.6) is 0 Å². The van der Waals surface area contributed by atoms with Crippen molar-refractivity contribution in [2.24, 2.45) is 5.92 Å². The second-order valence-corrected chi connectivity index (χ2v) is 10.1. The standard InChI is InChI=1S/C29H31N3O5S/c1-3-32(4-2)29(35)26(28(34)31-38(36,37)20-19-22-11-7-5-8-12-22)21-23-15-17-25(18-16-23)30-27(33)24-13-9-6-10-14-24/h5-20,26H,3-4,21H2,1-2H3,(H,30,33)(H,31,34). The Bertz CT molecular complexity index is 1370. The first-order valence-corrected chi connectivity index (χ1v) is 13.8. The minimum atomic E-state index is -4.13. The molecule has 3 aromatic carbocycles. The van der Waals surface area contributed by atoms with Gasteiger partial charge in [0, 0.05) is 24.3 Å². The normalized spacial score (nSPS) is 12.1. The van der Waals surface area contributed by atoms with E-state index >= 15 is 0 Å². The van der Waals surface area contributed by atoms with Crippen molar-refractivity contribution in [1.29, 1.82) is 0 Å². The van der Waals surface area contributed by atoms with E-state index in [4.69, 9.17) is 0 Å². The summed E-state index contributed by atoms with van der Waals surface area (Å²) in [6, 6.07) is 24.3. The molecule has 0 saturated heterocycles. The third-order valence-electron chi connectivity index (χ3n) is 5.86. The summed E-state index contributed by atoms with van der Waals surface area (Å²) in [5, 5.41) is 3.71. The lowest BCUT2D eigenvalue weighted by Gasteiger charge is -2.24. The molecular weight excluding hydrogens is 502 g/mol. The smallest absolute Gasteiger partial charge is 0.257 e. The molecule has 0 fully saturated rings. The predicted octanol–water partition coefficient (Wildman–Crippen LogP) is 4.08. The van der Waals surface area contributed by atoms with Crippen molar-refractivity contribution in [2.75, 3.05) is 18.4 Å². The molecule has 3 amide bonds. The van der Waals surface area contributed by atoms with Crippen LogP contribution in [0.25, 0.3) is 6.08 Å². The highest BCUT2D eigenvalue weighted by Crippen LogP contribution is 2.17. The van der Waals surface area contributed by atoms with Crippen LogP contribution in [0.1, 0.15) is 35.3 Å². The average Bonchev–Trinajstić information content (AvgIpc) is 2.93. The molecule has 198 valence electrons. The minimum Gasteiger partial charge on any atom is -0.343 e. The zero-order valence-electron chi connectivity index (χ0n) is 21.3. The first-order valence-electron chi connectivity index (χ1n) is 12.3. The number of amides is 3. The van der Waals surface area contributed by atoms with Crippen molar-refractivity contribution in [3.05, 3.63) is 107 Å². The van der Waals surface area contributed by atoms with E-state index in [1.54, 1.807) is 92.7 Å². The third kappa shape index (κ3) is 8.14. The van der Waals surface area contributed by atoms with E-state index in [0.29, 0.717) is 35.5 Å². The van der Waals surface area contributed by atoms with Gasteiger partial charge in [-0.25, -0.2) is 13.1 Å². The summed E-state index contributed by atoms with van der Waals surface area (Å²) in [7, 11) is -4.13. The Kier molecular flexibility index (Phi) is 9.95. The van der Waals surface area contributed by atoms with Gasteiger partial charge in [0.15, 0.2) is 0 Å². The maximum Gasteiger partial charge on any atom is 0.257 e. The second kappa shape index (κ2) is 13.3. The van der Waals surface area contributed by atoms with Crippen LogP contribution in [-0.4, -0.2) is 44.1 Å². The van der Waals surface area contributed by atoms with E-state index in [9.17, 15) is 22.8 Å². The summed E-state index contributed by atoms with van der Waals surface area (Å²) in [5.74, 6) is -2.88. The second-order valence-electron chi connectivity index (χ2n) is 8.51. The number of anilines is 1. The van der Waals surface area contributed by atoms with Crippen molar-refractivity contribution < 1.29 is 22.8 Å². The lowest BCUT2D eigenvalue weighted by Crippen LogP contribution is -2.45. The molecule has 1 unspecified atom stereocenters. The summed E-state index contributed by atoms with van der Waals surface area (Å²) in [5.41, 5.74) is 2.36. The van der Waals surface area contributed by atoms with Crippen molar-refractivity contribution >= 4 is 39.5 Å². The molecule has 0 aliphatic carbocycles. The van der Waals surface area contributed by atoms with Gasteiger partial charge in [0.05, 0.1) is 5.41 Å². The Morgan fingerprint density at radius 2 is 1.42 bits per heavy atom. The average molecular weight is 534 g/mol. The van der Waals surface area contributed by atoms with Crippen LogP contribution >= 0.6 is 0 Å². The first-order chi connectivity index (χ1) is 18.2. The molecule has 8 nitrogen and oxygen atoms in total. The van der Waals surface area contributed by atoms with Crippen LogP contribution in [0.3, 0.4) is 0 Å². The molecular formula is C29H31N3O5S. The highest BCUT2D eigenvalue weighted by Gasteiger charge is 2.32. The molecule has 0 aliphatic heterocycles. The Balaban J connectivity index is 1.75. The first kappa shape index (κ1) is 28.3. The molecule has 0 bridgehead atoms. The van der Waals surface area contributed by atoms with Crippen LogP contribution in [0.2, 0.25) is 0 Å². The van der Waals surface area contributed by atoms with Gasteiger partial charge in [0.25, 0.3) is 15.9 Å². The fraction of sp³-hybridized carbons (Fsp3) is 0.207. The Morgan fingerprint density at radius 1 is 0.842 bits per heavy atom. The van der Waals surface area contributed by atoms with Gasteiger partial charge in [0.1, 0.15) is 5.92 Å². The fourth-order valence-electron chi connectivity index (χ4n) is 3.78. The lowest BCUT2D eigenvalue weighted by atomic mass is 9.97. The number of sulfonamides is 1. The monoisotopic (exact) mass is 533 g/mol. The summed E-state index contributed by atoms with van der Waals surface area (Å²) in [6.07, 6.45) is 1.37. The Labute approximate surface area is 223 Å². The molecule has 0 heterocycles. The van der Waals surface area contributed by atoms with Gasteiger partial charge < -0.3 is 10.2 Å². The molecule has 0 saturated carbocycles. The van der Waals surface area contributed by atoms with Crippen molar-refractivity contribution in [3.63, 3.8) is 0 Å². The quantitative estimate of drug-likeness (QED) is 0.361. The summed E-state index contributed by atoms with van der Waals surface area (Å²) < 4.78 is 27.2. The van der Waals surface area contributed by atoms with E-state index in [1.807, 2.05) is 10.8 Å². The number of benzene rings is 3. The summed E-state index contributed by atoms with van der Waals surface area (Å²) >= 11 is 0. The topological polar surface area (TPSA) is 113 Å². The highest BCUT2D eigenvalue weighted by molar-refractivity contribution is 7.93. The van der Waals surface area contributed by atoms with Crippen molar-refractivity contribution in [3.8, 4) is 0 Å². The van der Waals surface area contributed by atoms with Gasteiger partial charge in [-0.2, -0.15) is 0 Å². The number of carbonyl (C=O) groups excluding carboxylic acids is 3. The van der Waals surface area contributed by atoms with E-state index in [2.05, 4.69) is 5.32 Å². The predicted molar refractivity (Wildman–Crippen MR) is 148 cm³/mol. The largest absolute Gasteiger partial charge is 0.343 e. The number of hydrogen-bond acceptors (Lipinski definition) is 5. The Hall–Kier alpha value is -4.24. The van der Waals surface area contributed by atoms with Crippen molar-refractivity contribution in [1.82, 2.24) is 9.62 Å². The fourth-order valence-corrected chi connectivity index (χ4v) is 4.61.